The molecule has 1 unspecified atom stereocenters. The minimum absolute atomic E-state index is 0.365. The van der Waals surface area contributed by atoms with E-state index in [1.165, 1.54) is 0 Å². The van der Waals surface area contributed by atoms with E-state index in [2.05, 4.69) is 0 Å². The lowest BCUT2D eigenvalue weighted by Crippen LogP contribution is -2.31. The molecule has 0 heterocycles. The molecular weight excluding hydrogens is 195 g/mol. The van der Waals surface area contributed by atoms with Gasteiger partial charge in [-0.2, -0.15) is 5.26 Å². The molecule has 1 atom stereocenters. The Morgan fingerprint density at radius 3 is 2.31 bits per heavy atom. The summed E-state index contributed by atoms with van der Waals surface area (Å²) in [4.78, 5) is 0. The van der Waals surface area contributed by atoms with Crippen LogP contribution in [-0.2, 0) is 11.3 Å². The van der Waals surface area contributed by atoms with Crippen molar-refractivity contribution in [1.29, 1.82) is 5.26 Å². The highest BCUT2D eigenvalue weighted by Crippen LogP contribution is 1.77. The van der Waals surface area contributed by atoms with Crippen LogP contribution in [0.4, 0.5) is 0 Å². The number of unbranched alkanes of at least 4 members (excludes halogenated alkanes) is 1. The minimum Gasteiger partial charge on any atom is -0.760 e. The lowest BCUT2D eigenvalue weighted by Gasteiger charge is -2.04. The van der Waals surface area contributed by atoms with Gasteiger partial charge in [0.25, 0.3) is 0 Å². The van der Waals surface area contributed by atoms with Crippen LogP contribution in [0.3, 0.4) is 0 Å². The summed E-state index contributed by atoms with van der Waals surface area (Å²) < 4.78 is 20.9. The average Bonchev–Trinajstić information content (AvgIpc) is 2.03. The lowest BCUT2D eigenvalue weighted by molar-refractivity contribution is 0.403. The van der Waals surface area contributed by atoms with Crippen molar-refractivity contribution in [2.24, 2.45) is 0 Å². The molecule has 0 amide bonds. The molecule has 6 nitrogen and oxygen atoms in total. The average molecular weight is 207 g/mol. The van der Waals surface area contributed by atoms with Gasteiger partial charge < -0.3 is 14.6 Å². The number of hydrogen-bond donors (Lipinski definition) is 3. The summed E-state index contributed by atoms with van der Waals surface area (Å²) in [5, 5.41) is 23.9. The van der Waals surface area contributed by atoms with Crippen LogP contribution in [0.5, 0.6) is 0 Å². The highest BCUT2D eigenvalue weighted by atomic mass is 32.2. The Kier molecular flexibility index (Phi) is 13.4. The van der Waals surface area contributed by atoms with Gasteiger partial charge in [-0.15, -0.1) is 0 Å². The quantitative estimate of drug-likeness (QED) is 0.391. The van der Waals surface area contributed by atoms with Gasteiger partial charge in [-0.1, -0.05) is 6.92 Å². The monoisotopic (exact) mass is 207 g/mol. The van der Waals surface area contributed by atoms with E-state index in [1.807, 2.05) is 13.0 Å². The molecule has 0 aromatic heterocycles. The molecule has 8 heteroatoms. The fourth-order valence-corrected chi connectivity index (χ4v) is 0.540. The van der Waals surface area contributed by atoms with Crippen molar-refractivity contribution in [3.05, 3.63) is 0 Å². The van der Waals surface area contributed by atoms with Crippen molar-refractivity contribution in [3.63, 3.8) is 0 Å². The standard InChI is InChI=1S/C4H7N.CH6BNO4S/c1-2-3-4-5;4-2(5)1-3-8(6)7/h2-3H2,1H3;3-5H,1H2,(H,6,7)/p-1. The zero-order valence-corrected chi connectivity index (χ0v) is 8.08. The van der Waals surface area contributed by atoms with Gasteiger partial charge in [0.2, 0.25) is 0 Å². The molecule has 0 aliphatic heterocycles. The first-order valence-corrected chi connectivity index (χ1v) is 4.67. The number of nitrogens with one attached hydrogen (secondary N) is 1. The SMILES string of the molecule is CCCC#N.O=S([O-])NCB(O)O. The predicted octanol–water partition coefficient (Wildman–Crippen LogP) is -1.31. The second kappa shape index (κ2) is 11.5. The first-order valence-electron chi connectivity index (χ1n) is 3.60. The maximum Gasteiger partial charge on any atom is 0.467 e. The number of nitriles is 1. The topological polar surface area (TPSA) is 116 Å². The smallest absolute Gasteiger partial charge is 0.467 e. The zero-order valence-electron chi connectivity index (χ0n) is 7.27. The first-order chi connectivity index (χ1) is 6.04. The third kappa shape index (κ3) is 24.6. The molecule has 0 fully saturated rings. The molecule has 0 radical (unpaired) electrons. The highest BCUT2D eigenvalue weighted by molar-refractivity contribution is 7.77. The van der Waals surface area contributed by atoms with Crippen LogP contribution in [0.25, 0.3) is 0 Å². The number of rotatable bonds is 4. The van der Waals surface area contributed by atoms with Crippen molar-refractivity contribution in [2.45, 2.75) is 19.8 Å². The second-order valence-corrected chi connectivity index (χ2v) is 2.73. The number of nitrogens with zero attached hydrogens (tertiary/aromatic N) is 1. The van der Waals surface area contributed by atoms with Crippen molar-refractivity contribution < 1.29 is 18.8 Å². The van der Waals surface area contributed by atoms with E-state index in [0.29, 0.717) is 6.42 Å². The maximum atomic E-state index is 9.57. The van der Waals surface area contributed by atoms with Gasteiger partial charge in [-0.05, 0) is 6.42 Å². The van der Waals surface area contributed by atoms with Gasteiger partial charge in [0, 0.05) is 24.1 Å². The van der Waals surface area contributed by atoms with E-state index in [-0.39, 0.29) is 6.44 Å². The Morgan fingerprint density at radius 1 is 1.69 bits per heavy atom. The van der Waals surface area contributed by atoms with Gasteiger partial charge in [-0.3, -0.25) is 8.93 Å². The molecule has 76 valence electrons. The molecule has 13 heavy (non-hydrogen) atoms. The Balaban J connectivity index is 0. The van der Waals surface area contributed by atoms with Crippen LogP contribution in [0.1, 0.15) is 19.8 Å². The van der Waals surface area contributed by atoms with Crippen LogP contribution in [0, 0.1) is 11.3 Å². The Hall–Kier alpha value is -0.455. The molecule has 3 N–H and O–H groups in total. The highest BCUT2D eigenvalue weighted by Gasteiger charge is 2.03. The Bertz CT molecular complexity index is 172. The Labute approximate surface area is 80.1 Å². The Morgan fingerprint density at radius 2 is 2.23 bits per heavy atom. The molecule has 0 aliphatic rings. The van der Waals surface area contributed by atoms with E-state index in [1.54, 1.807) is 4.72 Å². The van der Waals surface area contributed by atoms with Crippen molar-refractivity contribution in [1.82, 2.24) is 4.72 Å². The maximum absolute atomic E-state index is 9.57. The molecular formula is C5H12BN2O4S-. The van der Waals surface area contributed by atoms with Crippen LogP contribution >= 0.6 is 0 Å². The molecule has 0 aromatic carbocycles. The van der Waals surface area contributed by atoms with Gasteiger partial charge in [0.15, 0.2) is 0 Å². The molecule has 0 spiro atoms. The largest absolute Gasteiger partial charge is 0.760 e. The van der Waals surface area contributed by atoms with Crippen molar-refractivity contribution >= 4 is 18.4 Å². The van der Waals surface area contributed by atoms with Gasteiger partial charge in [0.1, 0.15) is 0 Å². The van der Waals surface area contributed by atoms with E-state index in [0.717, 1.165) is 6.42 Å². The van der Waals surface area contributed by atoms with E-state index in [4.69, 9.17) is 15.3 Å². The van der Waals surface area contributed by atoms with E-state index in [9.17, 15) is 8.76 Å². The van der Waals surface area contributed by atoms with Crippen LogP contribution in [0.2, 0.25) is 0 Å². The third-order valence-corrected chi connectivity index (χ3v) is 1.15. The molecule has 0 saturated carbocycles. The van der Waals surface area contributed by atoms with Crippen LogP contribution < -0.4 is 4.72 Å². The predicted molar refractivity (Wildman–Crippen MR) is 47.6 cm³/mol. The zero-order chi connectivity index (χ0) is 10.7. The molecule has 0 aliphatic carbocycles. The molecule has 0 rings (SSSR count). The fraction of sp³-hybridized carbons (Fsp3) is 0.800. The normalized spacial score (nSPS) is 10.7. The summed E-state index contributed by atoms with van der Waals surface area (Å²) >= 11 is -2.41. The number of hydrogen-bond acceptors (Lipinski definition) is 5. The lowest BCUT2D eigenvalue weighted by atomic mass is 9.94. The van der Waals surface area contributed by atoms with E-state index >= 15 is 0 Å². The summed E-state index contributed by atoms with van der Waals surface area (Å²) in [7, 11) is -1.62. The second-order valence-electron chi connectivity index (χ2n) is 1.97. The summed E-state index contributed by atoms with van der Waals surface area (Å²) in [6.07, 6.45) is 1.31. The summed E-state index contributed by atoms with van der Waals surface area (Å²) in [6.45, 7) is 1.99. The fourth-order valence-electron chi connectivity index (χ4n) is 0.254. The van der Waals surface area contributed by atoms with Gasteiger partial charge in [0.05, 0.1) is 6.07 Å². The van der Waals surface area contributed by atoms with Crippen molar-refractivity contribution in [3.8, 4) is 6.07 Å². The molecule has 0 bridgehead atoms. The minimum atomic E-state index is -2.41. The third-order valence-electron chi connectivity index (χ3n) is 0.746. The van der Waals surface area contributed by atoms with Gasteiger partial charge >= 0.3 is 7.12 Å². The molecule has 0 saturated heterocycles. The van der Waals surface area contributed by atoms with Gasteiger partial charge in [-0.25, -0.2) is 0 Å². The van der Waals surface area contributed by atoms with E-state index < -0.39 is 18.4 Å². The first kappa shape index (κ1) is 15.0. The summed E-state index contributed by atoms with van der Waals surface area (Å²) in [5.74, 6) is 0. The summed E-state index contributed by atoms with van der Waals surface area (Å²) in [5.41, 5.74) is 0. The van der Waals surface area contributed by atoms with Crippen LogP contribution in [-0.4, -0.2) is 32.4 Å². The molecule has 0 aromatic rings. The summed E-state index contributed by atoms with van der Waals surface area (Å²) in [6, 6.07) is 2.02. The van der Waals surface area contributed by atoms with Crippen LogP contribution in [0.15, 0.2) is 0 Å². The van der Waals surface area contributed by atoms with Crippen molar-refractivity contribution in [2.75, 3.05) is 6.44 Å².